The summed E-state index contributed by atoms with van der Waals surface area (Å²) in [5.74, 6) is 0. The monoisotopic (exact) mass is 223 g/mol. The SMILES string of the molecule is CO[S@](=O)c1[nH]c2ccccc2c1C=O. The first-order chi connectivity index (χ1) is 7.27. The second-order valence-electron chi connectivity index (χ2n) is 2.93. The van der Waals surface area contributed by atoms with Gasteiger partial charge in [-0.2, -0.15) is 0 Å². The maximum absolute atomic E-state index is 11.5. The van der Waals surface area contributed by atoms with Gasteiger partial charge in [-0.15, -0.1) is 0 Å². The molecule has 78 valence electrons. The zero-order valence-electron chi connectivity index (χ0n) is 8.02. The van der Waals surface area contributed by atoms with Gasteiger partial charge in [0.15, 0.2) is 6.29 Å². The number of rotatable bonds is 3. The highest BCUT2D eigenvalue weighted by molar-refractivity contribution is 7.80. The summed E-state index contributed by atoms with van der Waals surface area (Å²) in [5.41, 5.74) is 1.17. The number of benzene rings is 1. The van der Waals surface area contributed by atoms with Crippen LogP contribution in [0.5, 0.6) is 0 Å². The van der Waals surface area contributed by atoms with Gasteiger partial charge < -0.3 is 4.98 Å². The number of carbonyl (C=O) groups excluding carboxylic acids is 1. The molecule has 0 saturated heterocycles. The lowest BCUT2D eigenvalue weighted by atomic mass is 10.2. The van der Waals surface area contributed by atoms with Gasteiger partial charge in [-0.25, -0.2) is 4.21 Å². The molecule has 1 atom stereocenters. The minimum absolute atomic E-state index is 0.314. The van der Waals surface area contributed by atoms with Crippen molar-refractivity contribution in [1.29, 1.82) is 0 Å². The molecule has 0 radical (unpaired) electrons. The van der Waals surface area contributed by atoms with E-state index in [1.54, 1.807) is 6.07 Å². The summed E-state index contributed by atoms with van der Waals surface area (Å²) in [4.78, 5) is 13.8. The van der Waals surface area contributed by atoms with Crippen LogP contribution in [-0.2, 0) is 15.3 Å². The quantitative estimate of drug-likeness (QED) is 0.805. The Balaban J connectivity index is 2.74. The van der Waals surface area contributed by atoms with Crippen LogP contribution in [0.3, 0.4) is 0 Å². The molecule has 1 aromatic heterocycles. The van der Waals surface area contributed by atoms with Crippen molar-refractivity contribution in [3.05, 3.63) is 29.8 Å². The molecule has 15 heavy (non-hydrogen) atoms. The van der Waals surface area contributed by atoms with Crippen LogP contribution in [0.4, 0.5) is 0 Å². The Kier molecular flexibility index (Phi) is 2.66. The molecule has 5 heteroatoms. The Morgan fingerprint density at radius 1 is 1.40 bits per heavy atom. The van der Waals surface area contributed by atoms with Crippen LogP contribution < -0.4 is 0 Å². The van der Waals surface area contributed by atoms with Crippen molar-refractivity contribution < 1.29 is 13.2 Å². The fourth-order valence-electron chi connectivity index (χ4n) is 1.47. The molecule has 0 bridgehead atoms. The molecule has 2 aromatic rings. The molecule has 0 fully saturated rings. The van der Waals surface area contributed by atoms with Crippen LogP contribution in [0.15, 0.2) is 29.3 Å². The highest BCUT2D eigenvalue weighted by Crippen LogP contribution is 2.23. The van der Waals surface area contributed by atoms with Gasteiger partial charge in [0.2, 0.25) is 11.1 Å². The minimum atomic E-state index is -1.62. The molecular formula is C10H9NO3S. The zero-order chi connectivity index (χ0) is 10.8. The maximum Gasteiger partial charge on any atom is 0.206 e. The van der Waals surface area contributed by atoms with Crippen LogP contribution in [0.25, 0.3) is 10.9 Å². The maximum atomic E-state index is 11.5. The summed E-state index contributed by atoms with van der Waals surface area (Å²) in [7, 11) is 1.33. The number of hydrogen-bond donors (Lipinski definition) is 1. The molecule has 0 aliphatic rings. The number of carbonyl (C=O) groups is 1. The largest absolute Gasteiger partial charge is 0.345 e. The first-order valence-electron chi connectivity index (χ1n) is 4.30. The van der Waals surface area contributed by atoms with Gasteiger partial charge in [-0.3, -0.25) is 8.98 Å². The van der Waals surface area contributed by atoms with E-state index < -0.39 is 11.1 Å². The zero-order valence-corrected chi connectivity index (χ0v) is 8.84. The van der Waals surface area contributed by atoms with Crippen molar-refractivity contribution in [1.82, 2.24) is 4.98 Å². The third-order valence-corrected chi connectivity index (χ3v) is 3.10. The predicted molar refractivity (Wildman–Crippen MR) is 57.1 cm³/mol. The number of fused-ring (bicyclic) bond motifs is 1. The average molecular weight is 223 g/mol. The molecule has 1 aromatic carbocycles. The molecule has 0 aliphatic heterocycles. The van der Waals surface area contributed by atoms with Gasteiger partial charge in [0.25, 0.3) is 0 Å². The van der Waals surface area contributed by atoms with Gasteiger partial charge in [0.05, 0.1) is 12.7 Å². The number of aromatic amines is 1. The standard InChI is InChI=1S/C10H9NO3S/c1-14-15(13)10-8(6-12)7-4-2-3-5-9(7)11-10/h2-6,11H,1H3/t15-/m0/s1. The summed E-state index contributed by atoms with van der Waals surface area (Å²) in [6.45, 7) is 0. The smallest absolute Gasteiger partial charge is 0.206 e. The van der Waals surface area contributed by atoms with Gasteiger partial charge in [0, 0.05) is 10.9 Å². The van der Waals surface area contributed by atoms with E-state index in [9.17, 15) is 9.00 Å². The van der Waals surface area contributed by atoms with Crippen molar-refractivity contribution in [2.24, 2.45) is 0 Å². The Bertz CT molecular complexity index is 532. The molecular weight excluding hydrogens is 214 g/mol. The summed E-state index contributed by atoms with van der Waals surface area (Å²) in [5, 5.41) is 1.07. The number of nitrogens with one attached hydrogen (secondary N) is 1. The summed E-state index contributed by atoms with van der Waals surface area (Å²) in [6.07, 6.45) is 0.686. The molecule has 1 heterocycles. The number of aldehydes is 1. The van der Waals surface area contributed by atoms with Crippen LogP contribution >= 0.6 is 0 Å². The van der Waals surface area contributed by atoms with Crippen LogP contribution in [0, 0.1) is 0 Å². The highest BCUT2D eigenvalue weighted by Gasteiger charge is 2.15. The third kappa shape index (κ3) is 1.60. The Morgan fingerprint density at radius 3 is 2.80 bits per heavy atom. The van der Waals surface area contributed by atoms with E-state index in [0.717, 1.165) is 10.9 Å². The molecule has 4 nitrogen and oxygen atoms in total. The first kappa shape index (κ1) is 10.1. The van der Waals surface area contributed by atoms with E-state index in [2.05, 4.69) is 4.98 Å². The number of para-hydroxylation sites is 1. The molecule has 0 spiro atoms. The van der Waals surface area contributed by atoms with E-state index in [0.29, 0.717) is 16.9 Å². The highest BCUT2D eigenvalue weighted by atomic mass is 32.2. The number of hydrogen-bond acceptors (Lipinski definition) is 3. The molecule has 1 N–H and O–H groups in total. The van der Waals surface area contributed by atoms with E-state index in [1.807, 2.05) is 18.2 Å². The fourth-order valence-corrected chi connectivity index (χ4v) is 2.17. The van der Waals surface area contributed by atoms with Crippen molar-refractivity contribution in [3.8, 4) is 0 Å². The van der Waals surface area contributed by atoms with Crippen LogP contribution in [0.2, 0.25) is 0 Å². The molecule has 0 aliphatic carbocycles. The van der Waals surface area contributed by atoms with E-state index in [1.165, 1.54) is 7.11 Å². The summed E-state index contributed by atoms with van der Waals surface area (Å²) < 4.78 is 16.2. The normalized spacial score (nSPS) is 12.9. The van der Waals surface area contributed by atoms with Gasteiger partial charge in [-0.1, -0.05) is 18.2 Å². The van der Waals surface area contributed by atoms with Crippen molar-refractivity contribution in [3.63, 3.8) is 0 Å². The lowest BCUT2D eigenvalue weighted by Gasteiger charge is -1.94. The lowest BCUT2D eigenvalue weighted by Crippen LogP contribution is -1.97. The Labute approximate surface area is 88.9 Å². The van der Waals surface area contributed by atoms with Crippen molar-refractivity contribution in [2.45, 2.75) is 5.03 Å². The second-order valence-corrected chi connectivity index (χ2v) is 4.14. The Hall–Kier alpha value is -1.46. The van der Waals surface area contributed by atoms with Crippen LogP contribution in [0.1, 0.15) is 10.4 Å². The topological polar surface area (TPSA) is 59.2 Å². The third-order valence-electron chi connectivity index (χ3n) is 2.15. The van der Waals surface area contributed by atoms with Crippen molar-refractivity contribution in [2.75, 3.05) is 7.11 Å². The second kappa shape index (κ2) is 3.96. The van der Waals surface area contributed by atoms with Crippen LogP contribution in [-0.4, -0.2) is 22.6 Å². The molecule has 0 amide bonds. The lowest BCUT2D eigenvalue weighted by molar-refractivity contribution is 0.112. The number of H-pyrrole nitrogens is 1. The predicted octanol–water partition coefficient (Wildman–Crippen LogP) is 1.65. The van der Waals surface area contributed by atoms with E-state index in [-0.39, 0.29) is 0 Å². The van der Waals surface area contributed by atoms with Gasteiger partial charge in [-0.05, 0) is 6.07 Å². The molecule has 0 unspecified atom stereocenters. The Morgan fingerprint density at radius 2 is 2.13 bits per heavy atom. The molecule has 0 saturated carbocycles. The van der Waals surface area contributed by atoms with E-state index in [4.69, 9.17) is 4.18 Å². The average Bonchev–Trinajstić information content (AvgIpc) is 2.66. The minimum Gasteiger partial charge on any atom is -0.345 e. The molecule has 2 rings (SSSR count). The van der Waals surface area contributed by atoms with Gasteiger partial charge >= 0.3 is 0 Å². The van der Waals surface area contributed by atoms with E-state index >= 15 is 0 Å². The number of aromatic nitrogens is 1. The van der Waals surface area contributed by atoms with Gasteiger partial charge in [0.1, 0.15) is 5.03 Å². The first-order valence-corrected chi connectivity index (χ1v) is 5.37. The summed E-state index contributed by atoms with van der Waals surface area (Å²) in [6, 6.07) is 7.28. The van der Waals surface area contributed by atoms with Crippen molar-refractivity contribution >= 4 is 28.3 Å². The fraction of sp³-hybridized carbons (Fsp3) is 0.100. The summed E-state index contributed by atoms with van der Waals surface area (Å²) >= 11 is -1.62.